The van der Waals surface area contributed by atoms with Gasteiger partial charge in [-0.15, -0.1) is 11.6 Å². The van der Waals surface area contributed by atoms with Gasteiger partial charge in [-0.1, -0.05) is 18.2 Å². The molecule has 0 heterocycles. The number of carbonyl (C=O) groups excluding carboxylic acids is 2. The van der Waals surface area contributed by atoms with E-state index in [0.29, 0.717) is 6.54 Å². The predicted molar refractivity (Wildman–Crippen MR) is 71.5 cm³/mol. The van der Waals surface area contributed by atoms with E-state index in [9.17, 15) is 9.59 Å². The molecule has 0 spiro atoms. The number of aryl methyl sites for hydroxylation is 2. The van der Waals surface area contributed by atoms with Crippen molar-refractivity contribution in [2.45, 2.75) is 20.4 Å². The normalized spacial score (nSPS) is 9.94. The summed E-state index contributed by atoms with van der Waals surface area (Å²) in [4.78, 5) is 22.3. The zero-order chi connectivity index (χ0) is 13.5. The molecule has 0 saturated heterocycles. The van der Waals surface area contributed by atoms with E-state index in [1.807, 2.05) is 32.0 Å². The van der Waals surface area contributed by atoms with Crippen LogP contribution < -0.4 is 10.6 Å². The van der Waals surface area contributed by atoms with Gasteiger partial charge in [-0.2, -0.15) is 0 Å². The van der Waals surface area contributed by atoms with Gasteiger partial charge in [0.1, 0.15) is 5.88 Å². The first kappa shape index (κ1) is 14.5. The minimum atomic E-state index is -0.349. The number of halogens is 1. The number of hydrogen-bond donors (Lipinski definition) is 2. The zero-order valence-corrected chi connectivity index (χ0v) is 11.3. The average Bonchev–Trinajstić information content (AvgIpc) is 2.37. The lowest BCUT2D eigenvalue weighted by atomic mass is 10.1. The Hall–Kier alpha value is -1.55. The number of benzene rings is 1. The van der Waals surface area contributed by atoms with Crippen molar-refractivity contribution in [3.8, 4) is 0 Å². The Morgan fingerprint density at radius 3 is 2.44 bits per heavy atom. The van der Waals surface area contributed by atoms with Crippen molar-refractivity contribution in [2.75, 3.05) is 12.4 Å². The average molecular weight is 269 g/mol. The van der Waals surface area contributed by atoms with Crippen LogP contribution in [-0.4, -0.2) is 24.2 Å². The van der Waals surface area contributed by atoms with Crippen LogP contribution in [-0.2, 0) is 16.1 Å². The first-order valence-corrected chi connectivity index (χ1v) is 6.22. The summed E-state index contributed by atoms with van der Waals surface area (Å²) >= 11 is 5.30. The van der Waals surface area contributed by atoms with E-state index < -0.39 is 0 Å². The maximum Gasteiger partial charge on any atom is 0.239 e. The Kier molecular flexibility index (Phi) is 5.65. The molecule has 2 amide bonds. The van der Waals surface area contributed by atoms with Crippen LogP contribution in [0.5, 0.6) is 0 Å². The molecule has 0 bridgehead atoms. The Balaban J connectivity index is 2.38. The summed E-state index contributed by atoms with van der Waals surface area (Å²) in [6.45, 7) is 4.48. The molecule has 0 aliphatic heterocycles. The summed E-state index contributed by atoms with van der Waals surface area (Å²) in [6, 6.07) is 6.03. The van der Waals surface area contributed by atoms with Crippen LogP contribution in [0.25, 0.3) is 0 Å². The summed E-state index contributed by atoms with van der Waals surface area (Å²) in [6.07, 6.45) is 0. The van der Waals surface area contributed by atoms with E-state index in [1.54, 1.807) is 0 Å². The number of nitrogens with one attached hydrogen (secondary N) is 2. The Bertz CT molecular complexity index is 447. The molecule has 0 saturated carbocycles. The number of carbonyl (C=O) groups is 2. The smallest absolute Gasteiger partial charge is 0.239 e. The fraction of sp³-hybridized carbons (Fsp3) is 0.385. The summed E-state index contributed by atoms with van der Waals surface area (Å²) in [5, 5.41) is 5.13. The van der Waals surface area contributed by atoms with Crippen molar-refractivity contribution >= 4 is 23.4 Å². The highest BCUT2D eigenvalue weighted by atomic mass is 35.5. The molecule has 0 aliphatic carbocycles. The molecule has 5 heteroatoms. The lowest BCUT2D eigenvalue weighted by Gasteiger charge is -2.08. The third kappa shape index (κ3) is 4.75. The largest absolute Gasteiger partial charge is 0.350 e. The molecule has 0 aromatic heterocycles. The van der Waals surface area contributed by atoms with Crippen LogP contribution in [0, 0.1) is 13.8 Å². The van der Waals surface area contributed by atoms with Gasteiger partial charge in [0.15, 0.2) is 0 Å². The molecule has 1 aromatic rings. The van der Waals surface area contributed by atoms with Gasteiger partial charge < -0.3 is 10.6 Å². The first-order valence-electron chi connectivity index (χ1n) is 5.68. The molecule has 18 heavy (non-hydrogen) atoms. The Morgan fingerprint density at radius 1 is 1.11 bits per heavy atom. The molecule has 2 N–H and O–H groups in total. The second-order valence-corrected chi connectivity index (χ2v) is 4.37. The molecular weight excluding hydrogens is 252 g/mol. The SMILES string of the molecule is Cc1ccc(CNC(=O)CNC(=O)CCl)cc1C. The standard InChI is InChI=1S/C13H17ClN2O2/c1-9-3-4-11(5-10(9)2)7-15-13(18)8-16-12(17)6-14/h3-5H,6-8H2,1-2H3,(H,15,18)(H,16,17). The van der Waals surface area contributed by atoms with Gasteiger partial charge in [-0.3, -0.25) is 9.59 Å². The second-order valence-electron chi connectivity index (χ2n) is 4.11. The van der Waals surface area contributed by atoms with Gasteiger partial charge in [-0.05, 0) is 30.5 Å². The number of alkyl halides is 1. The molecule has 1 rings (SSSR count). The third-order valence-electron chi connectivity index (χ3n) is 2.63. The maximum absolute atomic E-state index is 11.4. The fourth-order valence-electron chi connectivity index (χ4n) is 1.40. The third-order valence-corrected chi connectivity index (χ3v) is 2.87. The lowest BCUT2D eigenvalue weighted by molar-refractivity contribution is -0.124. The zero-order valence-electron chi connectivity index (χ0n) is 10.5. The highest BCUT2D eigenvalue weighted by Gasteiger charge is 2.04. The first-order chi connectivity index (χ1) is 8.52. The highest BCUT2D eigenvalue weighted by Crippen LogP contribution is 2.09. The molecule has 0 atom stereocenters. The van der Waals surface area contributed by atoms with Gasteiger partial charge >= 0.3 is 0 Å². The minimum absolute atomic E-state index is 0.0452. The van der Waals surface area contributed by atoms with Gasteiger partial charge in [0.05, 0.1) is 6.54 Å². The molecule has 0 radical (unpaired) electrons. The summed E-state index contributed by atoms with van der Waals surface area (Å²) < 4.78 is 0. The molecule has 4 nitrogen and oxygen atoms in total. The Morgan fingerprint density at radius 2 is 1.83 bits per heavy atom. The van der Waals surface area contributed by atoms with Crippen molar-refractivity contribution in [1.82, 2.24) is 10.6 Å². The van der Waals surface area contributed by atoms with Crippen LogP contribution in [0.3, 0.4) is 0 Å². The number of hydrogen-bond acceptors (Lipinski definition) is 2. The summed E-state index contributed by atoms with van der Waals surface area (Å²) in [5.41, 5.74) is 3.45. The van der Waals surface area contributed by atoms with Crippen LogP contribution in [0.15, 0.2) is 18.2 Å². The lowest BCUT2D eigenvalue weighted by Crippen LogP contribution is -2.37. The maximum atomic E-state index is 11.4. The van der Waals surface area contributed by atoms with Crippen molar-refractivity contribution in [3.05, 3.63) is 34.9 Å². The predicted octanol–water partition coefficient (Wildman–Crippen LogP) is 1.27. The molecular formula is C13H17ClN2O2. The quantitative estimate of drug-likeness (QED) is 0.791. The van der Waals surface area contributed by atoms with Crippen LogP contribution in [0.4, 0.5) is 0 Å². The molecule has 0 fully saturated rings. The molecule has 1 aromatic carbocycles. The van der Waals surface area contributed by atoms with Crippen molar-refractivity contribution in [2.24, 2.45) is 0 Å². The molecule has 98 valence electrons. The number of rotatable bonds is 5. The van der Waals surface area contributed by atoms with E-state index in [0.717, 1.165) is 5.56 Å². The highest BCUT2D eigenvalue weighted by molar-refractivity contribution is 6.27. The molecule has 0 aliphatic rings. The van der Waals surface area contributed by atoms with Crippen molar-refractivity contribution in [3.63, 3.8) is 0 Å². The van der Waals surface area contributed by atoms with Crippen LogP contribution in [0.2, 0.25) is 0 Å². The van der Waals surface area contributed by atoms with E-state index >= 15 is 0 Å². The number of amides is 2. The van der Waals surface area contributed by atoms with Crippen LogP contribution in [0.1, 0.15) is 16.7 Å². The van der Waals surface area contributed by atoms with E-state index in [1.165, 1.54) is 11.1 Å². The minimum Gasteiger partial charge on any atom is -0.350 e. The Labute approximate surface area is 112 Å². The fourth-order valence-corrected chi connectivity index (χ4v) is 1.50. The van der Waals surface area contributed by atoms with E-state index in [4.69, 9.17) is 11.6 Å². The van der Waals surface area contributed by atoms with Crippen molar-refractivity contribution in [1.29, 1.82) is 0 Å². The van der Waals surface area contributed by atoms with Gasteiger partial charge in [0, 0.05) is 6.54 Å². The molecule has 0 unspecified atom stereocenters. The summed E-state index contributed by atoms with van der Waals surface area (Å²) in [7, 11) is 0. The van der Waals surface area contributed by atoms with E-state index in [-0.39, 0.29) is 24.2 Å². The van der Waals surface area contributed by atoms with Gasteiger partial charge in [0.25, 0.3) is 0 Å². The monoisotopic (exact) mass is 268 g/mol. The topological polar surface area (TPSA) is 58.2 Å². The second kappa shape index (κ2) is 7.01. The summed E-state index contributed by atoms with van der Waals surface area (Å²) in [5.74, 6) is -0.713. The van der Waals surface area contributed by atoms with Gasteiger partial charge in [-0.25, -0.2) is 0 Å². The van der Waals surface area contributed by atoms with Crippen LogP contribution >= 0.6 is 11.6 Å². The van der Waals surface area contributed by atoms with E-state index in [2.05, 4.69) is 10.6 Å². The van der Waals surface area contributed by atoms with Crippen molar-refractivity contribution < 1.29 is 9.59 Å². The van der Waals surface area contributed by atoms with Gasteiger partial charge in [0.2, 0.25) is 11.8 Å².